The van der Waals surface area contributed by atoms with Crippen molar-refractivity contribution in [1.82, 2.24) is 19.5 Å². The van der Waals surface area contributed by atoms with Gasteiger partial charge in [-0.3, -0.25) is 4.57 Å². The number of rotatable bonds is 4. The summed E-state index contributed by atoms with van der Waals surface area (Å²) < 4.78 is 19.9. The molecule has 0 bridgehead atoms. The third-order valence-electron chi connectivity index (χ3n) is 5.10. The van der Waals surface area contributed by atoms with Gasteiger partial charge in [-0.2, -0.15) is 0 Å². The van der Waals surface area contributed by atoms with E-state index in [1.54, 1.807) is 42.4 Å². The number of imidazole rings is 1. The van der Waals surface area contributed by atoms with Crippen LogP contribution in [0.2, 0.25) is 5.15 Å². The van der Waals surface area contributed by atoms with E-state index in [9.17, 15) is 4.79 Å². The van der Waals surface area contributed by atoms with Gasteiger partial charge in [-0.15, -0.1) is 11.8 Å². The van der Waals surface area contributed by atoms with Crippen LogP contribution in [0.1, 0.15) is 29.6 Å². The Balaban J connectivity index is 1.40. The maximum Gasteiger partial charge on any atom is 0.338 e. The number of carbonyl (C=O) groups excluding carboxylic acids is 1. The monoisotopic (exact) mass is 446 g/mol. The highest BCUT2D eigenvalue weighted by Gasteiger charge is 2.55. The van der Waals surface area contributed by atoms with Gasteiger partial charge in [0, 0.05) is 0 Å². The summed E-state index contributed by atoms with van der Waals surface area (Å²) in [5.74, 6) is -1.10. The number of halogens is 1. The lowest BCUT2D eigenvalue weighted by Gasteiger charge is -2.24. The number of hydrogen-bond donors (Lipinski definition) is 0. The molecule has 2 aromatic heterocycles. The average molecular weight is 447 g/mol. The molecule has 1 aromatic carbocycles. The first-order valence-corrected chi connectivity index (χ1v) is 10.8. The minimum Gasteiger partial charge on any atom is -0.461 e. The Morgan fingerprint density at radius 1 is 1.20 bits per heavy atom. The van der Waals surface area contributed by atoms with E-state index in [0.717, 1.165) is 0 Å². The summed E-state index contributed by atoms with van der Waals surface area (Å²) >= 11 is 7.77. The fraction of sp³-hybridized carbons (Fsp3) is 0.400. The average Bonchev–Trinajstić information content (AvgIpc) is 3.38. The molecule has 0 saturated carbocycles. The number of nitrogens with zero attached hydrogens (tertiary/aromatic N) is 4. The van der Waals surface area contributed by atoms with E-state index in [1.807, 2.05) is 24.5 Å². The molecular weight excluding hydrogens is 428 g/mol. The number of aromatic nitrogens is 4. The molecule has 0 radical (unpaired) electrons. The number of benzene rings is 1. The second-order valence-corrected chi connectivity index (χ2v) is 9.30. The highest BCUT2D eigenvalue weighted by atomic mass is 35.5. The van der Waals surface area contributed by atoms with Crippen LogP contribution < -0.4 is 0 Å². The predicted molar refractivity (Wildman–Crippen MR) is 111 cm³/mol. The van der Waals surface area contributed by atoms with Crippen molar-refractivity contribution in [2.75, 3.05) is 6.61 Å². The number of ether oxygens (including phenoxy) is 3. The molecule has 10 heteroatoms. The van der Waals surface area contributed by atoms with Gasteiger partial charge >= 0.3 is 5.97 Å². The third-order valence-corrected chi connectivity index (χ3v) is 6.91. The molecule has 156 valence electrons. The van der Waals surface area contributed by atoms with Gasteiger partial charge in [-0.05, 0) is 26.0 Å². The van der Waals surface area contributed by atoms with Gasteiger partial charge in [0.2, 0.25) is 0 Å². The summed E-state index contributed by atoms with van der Waals surface area (Å²) in [6, 6.07) is 8.93. The molecule has 4 atom stereocenters. The van der Waals surface area contributed by atoms with Crippen molar-refractivity contribution in [1.29, 1.82) is 0 Å². The van der Waals surface area contributed by atoms with Crippen LogP contribution in [0.15, 0.2) is 43.0 Å². The van der Waals surface area contributed by atoms with E-state index in [1.165, 1.54) is 6.33 Å². The smallest absolute Gasteiger partial charge is 0.338 e. The molecule has 0 aliphatic carbocycles. The minimum absolute atomic E-state index is 0.107. The zero-order valence-corrected chi connectivity index (χ0v) is 17.8. The molecule has 5 rings (SSSR count). The Morgan fingerprint density at radius 2 is 1.97 bits per heavy atom. The van der Waals surface area contributed by atoms with E-state index in [2.05, 4.69) is 15.0 Å². The van der Waals surface area contributed by atoms with Crippen LogP contribution in [0.4, 0.5) is 0 Å². The number of fused-ring (bicyclic) bond motifs is 2. The van der Waals surface area contributed by atoms with Crippen LogP contribution in [0, 0.1) is 0 Å². The lowest BCUT2D eigenvalue weighted by molar-refractivity contribution is -0.149. The normalized spacial score (nSPS) is 27.3. The van der Waals surface area contributed by atoms with Crippen LogP contribution in [0.25, 0.3) is 11.2 Å². The van der Waals surface area contributed by atoms with Gasteiger partial charge in [0.1, 0.15) is 36.0 Å². The predicted octanol–water partition coefficient (Wildman–Crippen LogP) is 3.47. The number of hydrogen-bond acceptors (Lipinski definition) is 8. The largest absolute Gasteiger partial charge is 0.461 e. The molecule has 0 spiro atoms. The highest BCUT2D eigenvalue weighted by Crippen LogP contribution is 2.51. The lowest BCUT2D eigenvalue weighted by atomic mass is 10.1. The standard InChI is InChI=1S/C20H19ClN4O4S/c1-20(2)28-14-12(8-27-19(26)11-6-4-3-5-7-11)30-18(15(14)29-20)25-10-24-13-16(21)22-9-23-17(13)25/h3-7,9-10,12,14-15,18H,8H2,1-2H3/t12-,14-,15-,18-/m1/s1. The number of esters is 1. The number of thioether (sulfide) groups is 1. The summed E-state index contributed by atoms with van der Waals surface area (Å²) in [5.41, 5.74) is 1.68. The van der Waals surface area contributed by atoms with Crippen LogP contribution in [0.5, 0.6) is 0 Å². The second-order valence-electron chi connectivity index (χ2n) is 7.58. The van der Waals surface area contributed by atoms with Gasteiger partial charge in [0.25, 0.3) is 0 Å². The van der Waals surface area contributed by atoms with E-state index < -0.39 is 5.79 Å². The zero-order chi connectivity index (χ0) is 20.9. The minimum atomic E-state index is -0.737. The van der Waals surface area contributed by atoms with Crippen molar-refractivity contribution < 1.29 is 19.0 Å². The summed E-state index contributed by atoms with van der Waals surface area (Å²) in [6.45, 7) is 3.97. The molecule has 3 aromatic rings. The third kappa shape index (κ3) is 3.45. The Morgan fingerprint density at radius 3 is 2.77 bits per heavy atom. The van der Waals surface area contributed by atoms with Gasteiger partial charge < -0.3 is 14.2 Å². The molecule has 0 N–H and O–H groups in total. The molecule has 0 unspecified atom stereocenters. The molecule has 8 nitrogen and oxygen atoms in total. The highest BCUT2D eigenvalue weighted by molar-refractivity contribution is 8.00. The van der Waals surface area contributed by atoms with E-state index >= 15 is 0 Å². The molecule has 2 saturated heterocycles. The maximum atomic E-state index is 12.4. The van der Waals surface area contributed by atoms with Crippen molar-refractivity contribution in [3.05, 3.63) is 53.7 Å². The van der Waals surface area contributed by atoms with Gasteiger partial charge in [-0.25, -0.2) is 19.7 Å². The first-order chi connectivity index (χ1) is 14.4. The first-order valence-electron chi connectivity index (χ1n) is 9.49. The van der Waals surface area contributed by atoms with Crippen LogP contribution in [0.3, 0.4) is 0 Å². The quantitative estimate of drug-likeness (QED) is 0.444. The second kappa shape index (κ2) is 7.49. The SMILES string of the molecule is CC1(C)O[C@@H]2[C@H](O1)[C@@H](COC(=O)c1ccccc1)S[C@H]2n1cnc2c(Cl)ncnc21. The molecule has 2 aliphatic heterocycles. The topological polar surface area (TPSA) is 88.4 Å². The molecular formula is C20H19ClN4O4S. The van der Waals surface area contributed by atoms with Crippen molar-refractivity contribution in [3.63, 3.8) is 0 Å². The van der Waals surface area contributed by atoms with Crippen molar-refractivity contribution in [3.8, 4) is 0 Å². The van der Waals surface area contributed by atoms with Crippen LogP contribution in [-0.2, 0) is 14.2 Å². The molecule has 0 amide bonds. The molecule has 2 aliphatic rings. The van der Waals surface area contributed by atoms with Crippen molar-refractivity contribution in [2.24, 2.45) is 0 Å². The maximum absolute atomic E-state index is 12.4. The van der Waals surface area contributed by atoms with Gasteiger partial charge in [-0.1, -0.05) is 29.8 Å². The fourth-order valence-corrected chi connectivity index (χ4v) is 5.54. The number of carbonyl (C=O) groups is 1. The van der Waals surface area contributed by atoms with Gasteiger partial charge in [0.15, 0.2) is 16.6 Å². The lowest BCUT2D eigenvalue weighted by Crippen LogP contribution is -2.32. The summed E-state index contributed by atoms with van der Waals surface area (Å²) in [6.07, 6.45) is 2.60. The molecule has 4 heterocycles. The Hall–Kier alpha value is -2.20. The van der Waals surface area contributed by atoms with Crippen molar-refractivity contribution in [2.45, 2.75) is 42.5 Å². The van der Waals surface area contributed by atoms with Gasteiger partial charge in [0.05, 0.1) is 17.1 Å². The summed E-state index contributed by atoms with van der Waals surface area (Å²) in [5, 5.41) is 0.0351. The van der Waals surface area contributed by atoms with Crippen LogP contribution in [-0.4, -0.2) is 55.3 Å². The molecule has 30 heavy (non-hydrogen) atoms. The summed E-state index contributed by atoms with van der Waals surface area (Å²) in [4.78, 5) is 25.1. The first kappa shape index (κ1) is 19.7. The van der Waals surface area contributed by atoms with Crippen molar-refractivity contribution >= 4 is 40.5 Å². The fourth-order valence-electron chi connectivity index (χ4n) is 3.84. The Bertz CT molecular complexity index is 1090. The summed E-state index contributed by atoms with van der Waals surface area (Å²) in [7, 11) is 0. The molecule has 2 fully saturated rings. The van der Waals surface area contributed by atoms with E-state index in [0.29, 0.717) is 21.9 Å². The zero-order valence-electron chi connectivity index (χ0n) is 16.3. The van der Waals surface area contributed by atoms with E-state index in [4.69, 9.17) is 25.8 Å². The van der Waals surface area contributed by atoms with E-state index in [-0.39, 0.29) is 35.4 Å². The Kier molecular flexibility index (Phi) is 4.93. The van der Waals surface area contributed by atoms with Crippen LogP contribution >= 0.6 is 23.4 Å². The Labute approximate surface area is 181 Å².